The van der Waals surface area contributed by atoms with Crippen LogP contribution in [0.2, 0.25) is 0 Å². The number of amides is 2. The van der Waals surface area contributed by atoms with Gasteiger partial charge >= 0.3 is 0 Å². The smallest absolute Gasteiger partial charge is 0.260 e. The first kappa shape index (κ1) is 21.2. The van der Waals surface area contributed by atoms with Gasteiger partial charge in [0.15, 0.2) is 6.61 Å². The Morgan fingerprint density at radius 1 is 1.30 bits per heavy atom. The zero-order chi connectivity index (χ0) is 20.0. The van der Waals surface area contributed by atoms with Crippen molar-refractivity contribution in [2.24, 2.45) is 11.7 Å². The minimum atomic E-state index is -3.54. The van der Waals surface area contributed by atoms with Crippen molar-refractivity contribution < 1.29 is 22.7 Å². The number of ether oxygens (including phenoxy) is 1. The highest BCUT2D eigenvalue weighted by Gasteiger charge is 2.26. The quantitative estimate of drug-likeness (QED) is 0.672. The minimum absolute atomic E-state index is 0.137. The SMILES string of the molecule is CCCNS(=O)(=O)c1ccc(OCC(=O)N2CCC(C(N)=O)CC2)c(C)c1. The molecule has 1 heterocycles. The molecular weight excluding hydrogens is 370 g/mol. The molecule has 0 spiro atoms. The number of piperidine rings is 1. The van der Waals surface area contributed by atoms with Gasteiger partial charge in [0, 0.05) is 25.6 Å². The number of hydrogen-bond acceptors (Lipinski definition) is 5. The van der Waals surface area contributed by atoms with Crippen molar-refractivity contribution in [1.29, 1.82) is 0 Å². The summed E-state index contributed by atoms with van der Waals surface area (Å²) in [6.45, 7) is 4.82. The molecule has 1 aliphatic rings. The molecular formula is C18H27N3O5S. The number of primary amides is 1. The molecule has 9 heteroatoms. The fraction of sp³-hybridized carbons (Fsp3) is 0.556. The van der Waals surface area contributed by atoms with Crippen LogP contribution in [0, 0.1) is 12.8 Å². The van der Waals surface area contributed by atoms with E-state index >= 15 is 0 Å². The van der Waals surface area contributed by atoms with E-state index in [1.807, 2.05) is 6.92 Å². The summed E-state index contributed by atoms with van der Waals surface area (Å²) in [5.41, 5.74) is 5.93. The van der Waals surface area contributed by atoms with Crippen molar-refractivity contribution in [2.75, 3.05) is 26.2 Å². The van der Waals surface area contributed by atoms with Gasteiger partial charge < -0.3 is 15.4 Å². The van der Waals surface area contributed by atoms with E-state index in [4.69, 9.17) is 10.5 Å². The molecule has 0 radical (unpaired) electrons. The van der Waals surface area contributed by atoms with E-state index in [1.54, 1.807) is 17.9 Å². The maximum atomic E-state index is 12.3. The maximum Gasteiger partial charge on any atom is 0.260 e. The zero-order valence-corrected chi connectivity index (χ0v) is 16.5. The average Bonchev–Trinajstić information content (AvgIpc) is 2.65. The molecule has 150 valence electrons. The normalized spacial score (nSPS) is 15.6. The zero-order valence-electron chi connectivity index (χ0n) is 15.7. The lowest BCUT2D eigenvalue weighted by Gasteiger charge is -2.30. The van der Waals surface area contributed by atoms with E-state index in [0.717, 1.165) is 0 Å². The van der Waals surface area contributed by atoms with Crippen LogP contribution in [0.3, 0.4) is 0 Å². The minimum Gasteiger partial charge on any atom is -0.483 e. The van der Waals surface area contributed by atoms with Gasteiger partial charge in [0.1, 0.15) is 5.75 Å². The number of aryl methyl sites for hydroxylation is 1. The highest BCUT2D eigenvalue weighted by atomic mass is 32.2. The van der Waals surface area contributed by atoms with Gasteiger partial charge in [-0.3, -0.25) is 9.59 Å². The summed E-state index contributed by atoms with van der Waals surface area (Å²) in [5.74, 6) is -0.200. The Hall–Kier alpha value is -2.13. The Labute approximate surface area is 160 Å². The van der Waals surface area contributed by atoms with Gasteiger partial charge in [-0.05, 0) is 49.9 Å². The number of nitrogens with two attached hydrogens (primary N) is 1. The van der Waals surface area contributed by atoms with E-state index in [-0.39, 0.29) is 29.2 Å². The molecule has 1 aromatic rings. The molecule has 0 atom stereocenters. The fourth-order valence-corrected chi connectivity index (χ4v) is 4.13. The average molecular weight is 397 g/mol. The molecule has 1 saturated heterocycles. The van der Waals surface area contributed by atoms with Crippen LogP contribution in [-0.4, -0.2) is 51.4 Å². The fourth-order valence-electron chi connectivity index (χ4n) is 2.91. The first-order valence-corrected chi connectivity index (χ1v) is 10.5. The number of carbonyl (C=O) groups excluding carboxylic acids is 2. The predicted octanol–water partition coefficient (Wildman–Crippen LogP) is 0.786. The van der Waals surface area contributed by atoms with E-state index in [9.17, 15) is 18.0 Å². The molecule has 1 aromatic carbocycles. The molecule has 2 rings (SSSR count). The number of nitrogens with zero attached hydrogens (tertiary/aromatic N) is 1. The number of nitrogens with one attached hydrogen (secondary N) is 1. The lowest BCUT2D eigenvalue weighted by molar-refractivity contribution is -0.136. The number of hydrogen-bond donors (Lipinski definition) is 2. The second kappa shape index (κ2) is 9.18. The molecule has 27 heavy (non-hydrogen) atoms. The van der Waals surface area contributed by atoms with E-state index in [1.165, 1.54) is 12.1 Å². The summed E-state index contributed by atoms with van der Waals surface area (Å²) in [6, 6.07) is 4.54. The third kappa shape index (κ3) is 5.67. The van der Waals surface area contributed by atoms with Gasteiger partial charge in [-0.1, -0.05) is 6.92 Å². The molecule has 0 saturated carbocycles. The van der Waals surface area contributed by atoms with Gasteiger partial charge in [-0.25, -0.2) is 13.1 Å². The third-order valence-electron chi connectivity index (χ3n) is 4.60. The van der Waals surface area contributed by atoms with Crippen LogP contribution < -0.4 is 15.2 Å². The lowest BCUT2D eigenvalue weighted by Crippen LogP contribution is -2.43. The van der Waals surface area contributed by atoms with Crippen LogP contribution in [0.1, 0.15) is 31.7 Å². The van der Waals surface area contributed by atoms with Crippen molar-refractivity contribution >= 4 is 21.8 Å². The summed E-state index contributed by atoms with van der Waals surface area (Å²) in [6.07, 6.45) is 1.84. The first-order chi connectivity index (χ1) is 12.7. The van der Waals surface area contributed by atoms with Crippen LogP contribution >= 0.6 is 0 Å². The molecule has 1 aliphatic heterocycles. The summed E-state index contributed by atoms with van der Waals surface area (Å²) in [7, 11) is -3.54. The Morgan fingerprint density at radius 3 is 2.52 bits per heavy atom. The second-order valence-corrected chi connectivity index (χ2v) is 8.44. The largest absolute Gasteiger partial charge is 0.483 e. The number of likely N-dealkylation sites (tertiary alicyclic amines) is 1. The van der Waals surface area contributed by atoms with Gasteiger partial charge in [0.25, 0.3) is 5.91 Å². The monoisotopic (exact) mass is 397 g/mol. The number of benzene rings is 1. The summed E-state index contributed by atoms with van der Waals surface area (Å²) in [5, 5.41) is 0. The van der Waals surface area contributed by atoms with Crippen molar-refractivity contribution in [3.05, 3.63) is 23.8 Å². The van der Waals surface area contributed by atoms with E-state index in [0.29, 0.717) is 50.2 Å². The highest BCUT2D eigenvalue weighted by Crippen LogP contribution is 2.22. The highest BCUT2D eigenvalue weighted by molar-refractivity contribution is 7.89. The molecule has 0 bridgehead atoms. The Bertz CT molecular complexity index is 786. The van der Waals surface area contributed by atoms with Crippen molar-refractivity contribution in [1.82, 2.24) is 9.62 Å². The summed E-state index contributed by atoms with van der Waals surface area (Å²) >= 11 is 0. The van der Waals surface area contributed by atoms with Gasteiger partial charge in [0.05, 0.1) is 4.90 Å². The summed E-state index contributed by atoms with van der Waals surface area (Å²) in [4.78, 5) is 25.3. The van der Waals surface area contributed by atoms with Crippen LogP contribution in [0.5, 0.6) is 5.75 Å². The van der Waals surface area contributed by atoms with Crippen molar-refractivity contribution in [3.8, 4) is 5.75 Å². The number of sulfonamides is 1. The summed E-state index contributed by atoms with van der Waals surface area (Å²) < 4.78 is 32.4. The van der Waals surface area contributed by atoms with Crippen LogP contribution in [-0.2, 0) is 19.6 Å². The first-order valence-electron chi connectivity index (χ1n) is 9.04. The molecule has 8 nitrogen and oxygen atoms in total. The molecule has 0 unspecified atom stereocenters. The van der Waals surface area contributed by atoms with Gasteiger partial charge in [-0.15, -0.1) is 0 Å². The van der Waals surface area contributed by atoms with Crippen LogP contribution in [0.25, 0.3) is 0 Å². The number of carbonyl (C=O) groups is 2. The molecule has 3 N–H and O–H groups in total. The Kier molecular flexibility index (Phi) is 7.20. The predicted molar refractivity (Wildman–Crippen MR) is 101 cm³/mol. The molecule has 0 aromatic heterocycles. The van der Waals surface area contributed by atoms with Crippen LogP contribution in [0.15, 0.2) is 23.1 Å². The van der Waals surface area contributed by atoms with Crippen LogP contribution in [0.4, 0.5) is 0 Å². The van der Waals surface area contributed by atoms with E-state index < -0.39 is 10.0 Å². The third-order valence-corrected chi connectivity index (χ3v) is 6.06. The van der Waals surface area contributed by atoms with Crippen molar-refractivity contribution in [2.45, 2.75) is 38.0 Å². The molecule has 0 aliphatic carbocycles. The Morgan fingerprint density at radius 2 is 1.96 bits per heavy atom. The maximum absolute atomic E-state index is 12.3. The number of rotatable bonds is 8. The molecule has 2 amide bonds. The van der Waals surface area contributed by atoms with Gasteiger partial charge in [0.2, 0.25) is 15.9 Å². The van der Waals surface area contributed by atoms with E-state index in [2.05, 4.69) is 4.72 Å². The second-order valence-electron chi connectivity index (χ2n) is 6.67. The Balaban J connectivity index is 1.93. The lowest BCUT2D eigenvalue weighted by atomic mass is 9.96. The molecule has 1 fully saturated rings. The standard InChI is InChI=1S/C18H27N3O5S/c1-3-8-20-27(24,25)15-4-5-16(13(2)11-15)26-12-17(22)21-9-6-14(7-10-21)18(19)23/h4-5,11,14,20H,3,6-10,12H2,1-2H3,(H2,19,23). The van der Waals surface area contributed by atoms with Crippen molar-refractivity contribution in [3.63, 3.8) is 0 Å². The topological polar surface area (TPSA) is 119 Å². The van der Waals surface area contributed by atoms with Gasteiger partial charge in [-0.2, -0.15) is 0 Å².